The monoisotopic (exact) mass is 467 g/mol. The molecule has 8 heteroatoms. The molecule has 0 aliphatic carbocycles. The van der Waals surface area contributed by atoms with Crippen LogP contribution in [0, 0.1) is 12.8 Å². The van der Waals surface area contributed by atoms with Crippen LogP contribution in [0.4, 0.5) is 5.69 Å². The van der Waals surface area contributed by atoms with Gasteiger partial charge in [-0.25, -0.2) is 9.97 Å². The molecule has 176 valence electrons. The molecule has 0 spiro atoms. The lowest BCUT2D eigenvalue weighted by atomic mass is 9.99. The molecule has 7 nitrogen and oxygen atoms in total. The zero-order valence-corrected chi connectivity index (χ0v) is 20.9. The first-order valence-corrected chi connectivity index (χ1v) is 12.6. The number of nitrogens with one attached hydrogen (secondary N) is 1. The smallest absolute Gasteiger partial charge is 0.219 e. The van der Waals surface area contributed by atoms with Gasteiger partial charge in [-0.1, -0.05) is 13.0 Å². The topological polar surface area (TPSA) is 68.7 Å². The SMILES string of the molecule is C/C=C(\C=[N+](\O)CC)CNCc1cc(N2CCC(C)CC2)c2ncc(-c3ncc(C)s3)n2c1. The molecule has 4 heterocycles. The number of hydroxylamine groups is 1. The molecule has 0 saturated carbocycles. The van der Waals surface area contributed by atoms with Gasteiger partial charge in [-0.15, -0.1) is 11.3 Å². The first kappa shape index (κ1) is 23.4. The molecule has 3 aromatic heterocycles. The number of aryl methyl sites for hydroxylation is 1. The molecule has 0 radical (unpaired) electrons. The summed E-state index contributed by atoms with van der Waals surface area (Å²) in [7, 11) is 0. The zero-order chi connectivity index (χ0) is 23.4. The number of nitrogens with zero attached hydrogens (tertiary/aromatic N) is 5. The van der Waals surface area contributed by atoms with E-state index >= 15 is 0 Å². The van der Waals surface area contributed by atoms with Gasteiger partial charge in [-0.3, -0.25) is 9.61 Å². The van der Waals surface area contributed by atoms with E-state index in [1.807, 2.05) is 32.3 Å². The van der Waals surface area contributed by atoms with Gasteiger partial charge in [0.25, 0.3) is 0 Å². The van der Waals surface area contributed by atoms with Crippen molar-refractivity contribution >= 4 is 28.9 Å². The lowest BCUT2D eigenvalue weighted by Crippen LogP contribution is -2.33. The molecule has 1 aliphatic heterocycles. The Morgan fingerprint density at radius 1 is 1.30 bits per heavy atom. The lowest BCUT2D eigenvalue weighted by Gasteiger charge is -2.32. The minimum Gasteiger partial charge on any atom is -0.369 e. The van der Waals surface area contributed by atoms with Gasteiger partial charge in [-0.2, -0.15) is 0 Å². The number of aromatic nitrogens is 3. The van der Waals surface area contributed by atoms with E-state index in [1.165, 1.54) is 33.7 Å². The minimum atomic E-state index is 0.561. The van der Waals surface area contributed by atoms with Crippen LogP contribution in [-0.4, -0.2) is 56.7 Å². The summed E-state index contributed by atoms with van der Waals surface area (Å²) < 4.78 is 3.42. The predicted octanol–water partition coefficient (Wildman–Crippen LogP) is 4.53. The van der Waals surface area contributed by atoms with Crippen molar-refractivity contribution in [2.24, 2.45) is 5.92 Å². The third-order valence-corrected chi connectivity index (χ3v) is 7.21. The largest absolute Gasteiger partial charge is 0.369 e. The van der Waals surface area contributed by atoms with Crippen molar-refractivity contribution in [1.29, 1.82) is 0 Å². The number of fused-ring (bicyclic) bond motifs is 1. The van der Waals surface area contributed by atoms with Gasteiger partial charge in [0.2, 0.25) is 6.21 Å². The molecular weight excluding hydrogens is 432 g/mol. The van der Waals surface area contributed by atoms with E-state index in [1.54, 1.807) is 17.6 Å². The lowest BCUT2D eigenvalue weighted by molar-refractivity contribution is -0.769. The maximum Gasteiger partial charge on any atom is 0.219 e. The Bertz CT molecular complexity index is 1150. The molecule has 0 unspecified atom stereocenters. The fourth-order valence-corrected chi connectivity index (χ4v) is 4.96. The summed E-state index contributed by atoms with van der Waals surface area (Å²) in [5, 5.41) is 14.3. The molecule has 2 N–H and O–H groups in total. The van der Waals surface area contributed by atoms with Gasteiger partial charge in [0.05, 0.1) is 11.9 Å². The maximum absolute atomic E-state index is 9.80. The maximum atomic E-state index is 9.80. The van der Waals surface area contributed by atoms with Crippen molar-refractivity contribution in [3.8, 4) is 10.7 Å². The van der Waals surface area contributed by atoms with Gasteiger partial charge >= 0.3 is 0 Å². The van der Waals surface area contributed by atoms with E-state index in [0.29, 0.717) is 13.1 Å². The summed E-state index contributed by atoms with van der Waals surface area (Å²) >= 11 is 1.70. The highest BCUT2D eigenvalue weighted by Crippen LogP contribution is 2.32. The fourth-order valence-electron chi connectivity index (χ4n) is 4.19. The van der Waals surface area contributed by atoms with Gasteiger partial charge in [0.15, 0.2) is 12.2 Å². The molecule has 33 heavy (non-hydrogen) atoms. The quantitative estimate of drug-likeness (QED) is 0.220. The van der Waals surface area contributed by atoms with Crippen LogP contribution in [0.2, 0.25) is 0 Å². The molecule has 1 saturated heterocycles. The molecular formula is C25H35N6OS+. The Morgan fingerprint density at radius 3 is 2.76 bits per heavy atom. The van der Waals surface area contributed by atoms with Gasteiger partial charge in [0.1, 0.15) is 10.7 Å². The average Bonchev–Trinajstić information content (AvgIpc) is 3.44. The van der Waals surface area contributed by atoms with Crippen molar-refractivity contribution in [2.45, 2.75) is 47.1 Å². The first-order valence-electron chi connectivity index (χ1n) is 11.8. The molecule has 0 aromatic carbocycles. The van der Waals surface area contributed by atoms with Gasteiger partial charge in [0, 0.05) is 49.0 Å². The van der Waals surface area contributed by atoms with Crippen LogP contribution in [0.5, 0.6) is 0 Å². The number of rotatable bonds is 8. The summed E-state index contributed by atoms with van der Waals surface area (Å²) in [5.41, 5.74) is 5.49. The van der Waals surface area contributed by atoms with Gasteiger partial charge < -0.3 is 10.2 Å². The van der Waals surface area contributed by atoms with E-state index in [0.717, 1.165) is 47.5 Å². The highest BCUT2D eigenvalue weighted by Gasteiger charge is 2.21. The Labute approximate surface area is 200 Å². The normalized spacial score (nSPS) is 16.2. The summed E-state index contributed by atoms with van der Waals surface area (Å²) in [4.78, 5) is 13.1. The number of hydrogen-bond acceptors (Lipinski definition) is 6. The second-order valence-corrected chi connectivity index (χ2v) is 10.1. The zero-order valence-electron chi connectivity index (χ0n) is 20.1. The number of hydrogen-bond donors (Lipinski definition) is 2. The predicted molar refractivity (Wildman–Crippen MR) is 136 cm³/mol. The Balaban J connectivity index is 1.64. The molecule has 4 rings (SSSR count). The number of anilines is 1. The molecule has 0 atom stereocenters. The minimum absolute atomic E-state index is 0.561. The fraction of sp³-hybridized carbons (Fsp3) is 0.480. The van der Waals surface area contributed by atoms with Crippen LogP contribution < -0.4 is 10.2 Å². The number of imidazole rings is 1. The Hall–Kier alpha value is -2.71. The summed E-state index contributed by atoms with van der Waals surface area (Å²) in [5.74, 6) is 0.778. The third-order valence-electron chi connectivity index (χ3n) is 6.28. The van der Waals surface area contributed by atoms with Crippen LogP contribution in [-0.2, 0) is 6.54 Å². The van der Waals surface area contributed by atoms with Gasteiger partial charge in [-0.05, 0) is 55.9 Å². The summed E-state index contributed by atoms with van der Waals surface area (Å²) in [6.45, 7) is 12.4. The molecule has 0 bridgehead atoms. The van der Waals surface area contributed by atoms with Crippen molar-refractivity contribution in [3.05, 3.63) is 46.7 Å². The highest BCUT2D eigenvalue weighted by molar-refractivity contribution is 7.14. The molecule has 0 amide bonds. The van der Waals surface area contributed by atoms with E-state index in [9.17, 15) is 5.21 Å². The standard InChI is InChI=1S/C25H35N6OS/c1-5-20(16-30(32)6-2)13-26-14-21-11-22(29-9-7-18(3)8-10-29)24-27-15-23(31(24)17-21)25-28-12-19(4)33-25/h5,11-12,15-18,26,32H,6-10,13-14H2,1-4H3/q+1/b20-5-,30-16+. The molecule has 3 aromatic rings. The van der Waals surface area contributed by atoms with Crippen molar-refractivity contribution < 1.29 is 9.95 Å². The summed E-state index contributed by atoms with van der Waals surface area (Å²) in [6.07, 6.45) is 12.3. The second-order valence-electron chi connectivity index (χ2n) is 8.87. The van der Waals surface area contributed by atoms with Crippen LogP contribution >= 0.6 is 11.3 Å². The molecule has 1 aliphatic rings. The third kappa shape index (κ3) is 5.45. The van der Waals surface area contributed by atoms with Crippen LogP contribution in [0.3, 0.4) is 0 Å². The number of thiazole rings is 1. The van der Waals surface area contributed by atoms with Crippen LogP contribution in [0.25, 0.3) is 16.3 Å². The highest BCUT2D eigenvalue weighted by atomic mass is 32.1. The van der Waals surface area contributed by atoms with E-state index in [4.69, 9.17) is 4.98 Å². The van der Waals surface area contributed by atoms with E-state index in [-0.39, 0.29) is 0 Å². The molecule has 1 fully saturated rings. The van der Waals surface area contributed by atoms with E-state index < -0.39 is 0 Å². The van der Waals surface area contributed by atoms with E-state index in [2.05, 4.69) is 45.7 Å². The van der Waals surface area contributed by atoms with Crippen LogP contribution in [0.1, 0.15) is 44.1 Å². The summed E-state index contributed by atoms with van der Waals surface area (Å²) in [6, 6.07) is 2.28. The van der Waals surface area contributed by atoms with Crippen LogP contribution in [0.15, 0.2) is 36.3 Å². The average molecular weight is 468 g/mol. The van der Waals surface area contributed by atoms with Crippen molar-refractivity contribution in [1.82, 2.24) is 19.7 Å². The number of allylic oxidation sites excluding steroid dienone is 1. The van der Waals surface area contributed by atoms with Crippen molar-refractivity contribution in [2.75, 3.05) is 31.1 Å². The second kappa shape index (κ2) is 10.5. The first-order chi connectivity index (χ1) is 16.0. The Kier molecular flexibility index (Phi) is 7.45. The van der Waals surface area contributed by atoms with Crippen molar-refractivity contribution in [3.63, 3.8) is 0 Å². The number of piperidine rings is 1. The number of pyridine rings is 1. The Morgan fingerprint density at radius 2 is 2.09 bits per heavy atom.